The molecule has 0 bridgehead atoms. The smallest absolute Gasteiger partial charge is 0.243 e. The van der Waals surface area contributed by atoms with Crippen LogP contribution in [0.25, 0.3) is 0 Å². The predicted molar refractivity (Wildman–Crippen MR) is 69.2 cm³/mol. The number of nitrogens with zero attached hydrogens (tertiary/aromatic N) is 2. The second-order valence-electron chi connectivity index (χ2n) is 5.12. The summed E-state index contributed by atoms with van der Waals surface area (Å²) in [6.07, 6.45) is 5.74. The Morgan fingerprint density at radius 3 is 2.94 bits per heavy atom. The van der Waals surface area contributed by atoms with Gasteiger partial charge in [0.15, 0.2) is 5.82 Å². The van der Waals surface area contributed by atoms with Crippen molar-refractivity contribution in [2.75, 3.05) is 6.54 Å². The first-order valence-electron chi connectivity index (χ1n) is 6.67. The second kappa shape index (κ2) is 5.59. The molecular formula is C12H19N3O2S. The van der Waals surface area contributed by atoms with Crippen molar-refractivity contribution in [3.05, 3.63) is 11.7 Å². The van der Waals surface area contributed by atoms with Gasteiger partial charge >= 0.3 is 0 Å². The molecule has 0 spiro atoms. The largest absolute Gasteiger partial charge is 0.392 e. The highest BCUT2D eigenvalue weighted by atomic mass is 32.2. The summed E-state index contributed by atoms with van der Waals surface area (Å²) < 4.78 is 5.26. The molecule has 18 heavy (non-hydrogen) atoms. The third kappa shape index (κ3) is 2.87. The Labute approximate surface area is 111 Å². The lowest BCUT2D eigenvalue weighted by atomic mass is 10.2. The molecule has 1 aromatic rings. The fourth-order valence-corrected chi connectivity index (χ4v) is 3.79. The molecule has 1 aliphatic carbocycles. The predicted octanol–water partition coefficient (Wildman–Crippen LogP) is 1.64. The van der Waals surface area contributed by atoms with Crippen molar-refractivity contribution < 1.29 is 9.63 Å². The van der Waals surface area contributed by atoms with Crippen molar-refractivity contribution in [1.29, 1.82) is 0 Å². The highest BCUT2D eigenvalue weighted by Crippen LogP contribution is 2.31. The highest BCUT2D eigenvalue weighted by molar-refractivity contribution is 7.99. The summed E-state index contributed by atoms with van der Waals surface area (Å²) in [5, 5.41) is 17.4. The summed E-state index contributed by atoms with van der Waals surface area (Å²) in [6, 6.07) is 0.0257. The zero-order chi connectivity index (χ0) is 12.4. The van der Waals surface area contributed by atoms with E-state index in [1.165, 1.54) is 25.7 Å². The van der Waals surface area contributed by atoms with Gasteiger partial charge in [-0.25, -0.2) is 0 Å². The highest BCUT2D eigenvalue weighted by Gasteiger charge is 2.28. The lowest BCUT2D eigenvalue weighted by molar-refractivity contribution is 0.191. The van der Waals surface area contributed by atoms with Gasteiger partial charge in [0.25, 0.3) is 0 Å². The molecule has 1 aromatic heterocycles. The molecule has 2 heterocycles. The third-order valence-corrected chi connectivity index (χ3v) is 5.01. The van der Waals surface area contributed by atoms with Gasteiger partial charge in [0.1, 0.15) is 0 Å². The van der Waals surface area contributed by atoms with Crippen LogP contribution in [0.3, 0.4) is 0 Å². The molecular weight excluding hydrogens is 250 g/mol. The average Bonchev–Trinajstić information content (AvgIpc) is 3.07. The Bertz CT molecular complexity index is 392. The van der Waals surface area contributed by atoms with E-state index in [2.05, 4.69) is 15.5 Å². The van der Waals surface area contributed by atoms with Crippen LogP contribution in [0.2, 0.25) is 0 Å². The van der Waals surface area contributed by atoms with Gasteiger partial charge in [-0.15, -0.1) is 0 Å². The third-order valence-electron chi connectivity index (χ3n) is 3.64. The van der Waals surface area contributed by atoms with Crippen molar-refractivity contribution in [3.8, 4) is 0 Å². The molecule has 2 atom stereocenters. The number of nitrogens with one attached hydrogen (secondary N) is 1. The number of hydrogen-bond donors (Lipinski definition) is 2. The summed E-state index contributed by atoms with van der Waals surface area (Å²) in [7, 11) is 0. The van der Waals surface area contributed by atoms with Gasteiger partial charge in [-0.1, -0.05) is 18.0 Å². The standard InChI is InChI=1S/C12H19N3O2S/c16-8-5-10(13-6-8)12-14-11(15-17-12)7-18-9-3-1-2-4-9/h8-10,13,16H,1-7H2/t8-,10-/m0/s1. The molecule has 2 fully saturated rings. The van der Waals surface area contributed by atoms with Gasteiger partial charge in [0.05, 0.1) is 17.9 Å². The first-order valence-corrected chi connectivity index (χ1v) is 7.71. The fraction of sp³-hybridized carbons (Fsp3) is 0.833. The van der Waals surface area contributed by atoms with E-state index < -0.39 is 0 Å². The molecule has 100 valence electrons. The second-order valence-corrected chi connectivity index (χ2v) is 6.41. The molecule has 2 aliphatic rings. The topological polar surface area (TPSA) is 71.2 Å². The van der Waals surface area contributed by atoms with Crippen molar-refractivity contribution in [1.82, 2.24) is 15.5 Å². The first kappa shape index (κ1) is 12.4. The van der Waals surface area contributed by atoms with Crippen LogP contribution < -0.4 is 5.32 Å². The molecule has 0 amide bonds. The minimum Gasteiger partial charge on any atom is -0.392 e. The van der Waals surface area contributed by atoms with E-state index in [0.29, 0.717) is 18.9 Å². The Balaban J connectivity index is 1.52. The van der Waals surface area contributed by atoms with Crippen LogP contribution >= 0.6 is 11.8 Å². The van der Waals surface area contributed by atoms with Gasteiger partial charge in [-0.2, -0.15) is 16.7 Å². The number of rotatable bonds is 4. The van der Waals surface area contributed by atoms with E-state index in [1.807, 2.05) is 11.8 Å². The Hall–Kier alpha value is -0.590. The molecule has 1 aliphatic heterocycles. The lowest BCUT2D eigenvalue weighted by Crippen LogP contribution is -2.15. The zero-order valence-electron chi connectivity index (χ0n) is 10.3. The maximum absolute atomic E-state index is 9.46. The van der Waals surface area contributed by atoms with Crippen LogP contribution in [-0.2, 0) is 5.75 Å². The van der Waals surface area contributed by atoms with E-state index in [4.69, 9.17) is 4.52 Å². The van der Waals surface area contributed by atoms with Crippen molar-refractivity contribution >= 4 is 11.8 Å². The molecule has 1 saturated heterocycles. The van der Waals surface area contributed by atoms with Crippen LogP contribution in [0, 0.1) is 0 Å². The van der Waals surface area contributed by atoms with E-state index in [9.17, 15) is 5.11 Å². The van der Waals surface area contributed by atoms with Gasteiger partial charge in [0, 0.05) is 11.8 Å². The molecule has 6 heteroatoms. The summed E-state index contributed by atoms with van der Waals surface area (Å²) >= 11 is 1.94. The van der Waals surface area contributed by atoms with Crippen LogP contribution in [-0.4, -0.2) is 33.1 Å². The number of aliphatic hydroxyl groups excluding tert-OH is 1. The molecule has 0 unspecified atom stereocenters. The Kier molecular flexibility index (Phi) is 3.86. The van der Waals surface area contributed by atoms with Gasteiger partial charge < -0.3 is 14.9 Å². The quantitative estimate of drug-likeness (QED) is 0.866. The maximum Gasteiger partial charge on any atom is 0.243 e. The van der Waals surface area contributed by atoms with Crippen molar-refractivity contribution in [2.24, 2.45) is 0 Å². The summed E-state index contributed by atoms with van der Waals surface area (Å²) in [6.45, 7) is 0.610. The lowest BCUT2D eigenvalue weighted by Gasteiger charge is -2.05. The van der Waals surface area contributed by atoms with Gasteiger partial charge in [0.2, 0.25) is 5.89 Å². The van der Waals surface area contributed by atoms with E-state index >= 15 is 0 Å². The molecule has 2 N–H and O–H groups in total. The van der Waals surface area contributed by atoms with E-state index in [-0.39, 0.29) is 12.1 Å². The summed E-state index contributed by atoms with van der Waals surface area (Å²) in [5.74, 6) is 2.24. The summed E-state index contributed by atoms with van der Waals surface area (Å²) in [5.41, 5.74) is 0. The molecule has 0 radical (unpaired) electrons. The maximum atomic E-state index is 9.46. The van der Waals surface area contributed by atoms with Crippen LogP contribution in [0.4, 0.5) is 0 Å². The molecule has 5 nitrogen and oxygen atoms in total. The Morgan fingerprint density at radius 1 is 1.39 bits per heavy atom. The first-order chi connectivity index (χ1) is 8.81. The fourth-order valence-electron chi connectivity index (χ4n) is 2.62. The van der Waals surface area contributed by atoms with Crippen LogP contribution in [0.5, 0.6) is 0 Å². The molecule has 1 saturated carbocycles. The van der Waals surface area contributed by atoms with Crippen molar-refractivity contribution in [3.63, 3.8) is 0 Å². The van der Waals surface area contributed by atoms with Crippen molar-refractivity contribution in [2.45, 2.75) is 55.3 Å². The molecule has 0 aromatic carbocycles. The number of aliphatic hydroxyl groups is 1. The Morgan fingerprint density at radius 2 is 2.22 bits per heavy atom. The van der Waals surface area contributed by atoms with Crippen LogP contribution in [0.15, 0.2) is 4.52 Å². The number of thioether (sulfide) groups is 1. The zero-order valence-corrected chi connectivity index (χ0v) is 11.2. The van der Waals surface area contributed by atoms with Gasteiger partial charge in [-0.3, -0.25) is 0 Å². The van der Waals surface area contributed by atoms with E-state index in [0.717, 1.165) is 16.8 Å². The normalized spacial score (nSPS) is 29.2. The van der Waals surface area contributed by atoms with Gasteiger partial charge in [-0.05, 0) is 19.3 Å². The minimum absolute atomic E-state index is 0.0257. The number of hydrogen-bond acceptors (Lipinski definition) is 6. The number of aromatic nitrogens is 2. The minimum atomic E-state index is -0.293. The van der Waals surface area contributed by atoms with E-state index in [1.54, 1.807) is 0 Å². The summed E-state index contributed by atoms with van der Waals surface area (Å²) in [4.78, 5) is 4.42. The molecule has 3 rings (SSSR count). The van der Waals surface area contributed by atoms with Crippen LogP contribution in [0.1, 0.15) is 49.9 Å². The number of β-amino-alcohol motifs (C(OH)–C–C–N with tert-alkyl or cyclic N) is 1. The SMILES string of the molecule is O[C@@H]1CN[C@H](c2nc(CSC3CCCC3)no2)C1. The monoisotopic (exact) mass is 269 g/mol. The average molecular weight is 269 g/mol.